The molecule has 20 heavy (non-hydrogen) atoms. The van der Waals surface area contributed by atoms with Gasteiger partial charge in [-0.1, -0.05) is 0 Å². The molecule has 0 aliphatic heterocycles. The molecule has 2 aromatic rings. The number of aliphatic carboxylic acids is 1. The van der Waals surface area contributed by atoms with Crippen molar-refractivity contribution in [3.05, 3.63) is 35.3 Å². The minimum Gasteiger partial charge on any atom is -0.481 e. The summed E-state index contributed by atoms with van der Waals surface area (Å²) in [6, 6.07) is 5.86. The predicted molar refractivity (Wildman–Crippen MR) is 74.6 cm³/mol. The predicted octanol–water partition coefficient (Wildman–Crippen LogP) is 1.16. The Morgan fingerprint density at radius 2 is 2.00 bits per heavy atom. The fraction of sp³-hybridized carbons (Fsp3) is 0.0909. The van der Waals surface area contributed by atoms with Crippen LogP contribution >= 0.6 is 11.3 Å². The smallest absolute Gasteiger partial charge is 0.309 e. The summed E-state index contributed by atoms with van der Waals surface area (Å²) in [5.41, 5.74) is 1.10. The van der Waals surface area contributed by atoms with Crippen molar-refractivity contribution >= 4 is 38.1 Å². The van der Waals surface area contributed by atoms with E-state index in [2.05, 4.69) is 10.3 Å². The maximum Gasteiger partial charge on any atom is 0.309 e. The number of anilines is 2. The number of primary sulfonamides is 1. The van der Waals surface area contributed by atoms with Crippen LogP contribution < -0.4 is 10.5 Å². The number of thiazole rings is 1. The molecule has 106 valence electrons. The van der Waals surface area contributed by atoms with Crippen LogP contribution in [-0.2, 0) is 21.2 Å². The molecule has 0 amide bonds. The minimum atomic E-state index is -3.71. The number of nitrogens with two attached hydrogens (primary N) is 1. The first kappa shape index (κ1) is 14.4. The number of nitrogens with one attached hydrogen (secondary N) is 1. The lowest BCUT2D eigenvalue weighted by molar-refractivity contribution is -0.136. The molecule has 0 fully saturated rings. The van der Waals surface area contributed by atoms with Crippen molar-refractivity contribution in [2.24, 2.45) is 5.14 Å². The lowest BCUT2D eigenvalue weighted by Crippen LogP contribution is -2.11. The highest BCUT2D eigenvalue weighted by molar-refractivity contribution is 7.89. The van der Waals surface area contributed by atoms with Crippen LogP contribution in [0.1, 0.15) is 5.69 Å². The Hall–Kier alpha value is -1.97. The largest absolute Gasteiger partial charge is 0.481 e. The molecule has 0 saturated carbocycles. The number of carboxylic acid groups (broad SMARTS) is 1. The van der Waals surface area contributed by atoms with Gasteiger partial charge in [0.25, 0.3) is 0 Å². The third-order valence-electron chi connectivity index (χ3n) is 2.32. The van der Waals surface area contributed by atoms with Gasteiger partial charge in [-0.05, 0) is 24.3 Å². The number of hydrogen-bond acceptors (Lipinski definition) is 6. The quantitative estimate of drug-likeness (QED) is 0.761. The lowest BCUT2D eigenvalue weighted by Gasteiger charge is -2.03. The van der Waals surface area contributed by atoms with Crippen LogP contribution in [0.15, 0.2) is 34.5 Å². The Bertz CT molecular complexity index is 722. The number of carbonyl (C=O) groups is 1. The molecule has 0 aliphatic carbocycles. The third kappa shape index (κ3) is 3.76. The van der Waals surface area contributed by atoms with E-state index >= 15 is 0 Å². The molecule has 0 bridgehead atoms. The van der Waals surface area contributed by atoms with Crippen molar-refractivity contribution in [1.29, 1.82) is 0 Å². The van der Waals surface area contributed by atoms with E-state index in [-0.39, 0.29) is 11.3 Å². The van der Waals surface area contributed by atoms with Crippen LogP contribution in [0.3, 0.4) is 0 Å². The van der Waals surface area contributed by atoms with Crippen LogP contribution in [0, 0.1) is 0 Å². The third-order valence-corrected chi connectivity index (χ3v) is 4.05. The van der Waals surface area contributed by atoms with Crippen molar-refractivity contribution in [2.75, 3.05) is 5.32 Å². The van der Waals surface area contributed by atoms with Crippen LogP contribution in [0.5, 0.6) is 0 Å². The van der Waals surface area contributed by atoms with Crippen LogP contribution in [-0.4, -0.2) is 24.5 Å². The number of hydrogen-bond donors (Lipinski definition) is 3. The van der Waals surface area contributed by atoms with E-state index < -0.39 is 16.0 Å². The van der Waals surface area contributed by atoms with E-state index in [0.717, 1.165) is 0 Å². The van der Waals surface area contributed by atoms with E-state index in [0.29, 0.717) is 16.5 Å². The van der Waals surface area contributed by atoms with Crippen molar-refractivity contribution in [3.63, 3.8) is 0 Å². The van der Waals surface area contributed by atoms with Gasteiger partial charge in [0.2, 0.25) is 10.0 Å². The first-order valence-corrected chi connectivity index (χ1v) is 7.83. The molecule has 0 aliphatic rings. The van der Waals surface area contributed by atoms with Gasteiger partial charge in [0, 0.05) is 11.1 Å². The molecule has 2 rings (SSSR count). The summed E-state index contributed by atoms with van der Waals surface area (Å²) in [6.45, 7) is 0. The number of benzene rings is 1. The maximum absolute atomic E-state index is 11.1. The summed E-state index contributed by atoms with van der Waals surface area (Å²) in [7, 11) is -3.71. The van der Waals surface area contributed by atoms with Gasteiger partial charge >= 0.3 is 5.97 Å². The first-order valence-electron chi connectivity index (χ1n) is 5.41. The zero-order chi connectivity index (χ0) is 14.8. The zero-order valence-corrected chi connectivity index (χ0v) is 11.7. The Morgan fingerprint density at radius 1 is 1.35 bits per heavy atom. The van der Waals surface area contributed by atoms with E-state index in [1.54, 1.807) is 17.5 Å². The molecule has 9 heteroatoms. The van der Waals surface area contributed by atoms with Gasteiger partial charge in [-0.3, -0.25) is 4.79 Å². The number of rotatable bonds is 5. The average molecular weight is 313 g/mol. The topological polar surface area (TPSA) is 122 Å². The van der Waals surface area contributed by atoms with Gasteiger partial charge in [-0.25, -0.2) is 18.5 Å². The molecule has 1 heterocycles. The molecule has 1 aromatic carbocycles. The number of nitrogens with zero attached hydrogens (tertiary/aromatic N) is 1. The Balaban J connectivity index is 2.10. The first-order chi connectivity index (χ1) is 9.34. The van der Waals surface area contributed by atoms with Crippen LogP contribution in [0.4, 0.5) is 10.8 Å². The van der Waals surface area contributed by atoms with E-state index in [4.69, 9.17) is 10.2 Å². The summed E-state index contributed by atoms with van der Waals surface area (Å²) in [4.78, 5) is 14.7. The highest BCUT2D eigenvalue weighted by Crippen LogP contribution is 2.22. The lowest BCUT2D eigenvalue weighted by atomic mass is 10.3. The SMILES string of the molecule is NS(=O)(=O)c1ccc(Nc2nc(CC(=O)O)cs2)cc1. The maximum atomic E-state index is 11.1. The van der Waals surface area contributed by atoms with Crippen molar-refractivity contribution < 1.29 is 18.3 Å². The number of sulfonamides is 1. The van der Waals surface area contributed by atoms with Crippen LogP contribution in [0.25, 0.3) is 0 Å². The number of aromatic nitrogens is 1. The Labute approximate surface area is 119 Å². The summed E-state index contributed by atoms with van der Waals surface area (Å²) >= 11 is 1.27. The molecule has 0 unspecified atom stereocenters. The second kappa shape index (κ2) is 5.57. The molecular weight excluding hydrogens is 302 g/mol. The monoisotopic (exact) mass is 313 g/mol. The molecule has 0 spiro atoms. The molecular formula is C11H11N3O4S2. The van der Waals surface area contributed by atoms with Gasteiger partial charge in [0.1, 0.15) is 0 Å². The fourth-order valence-corrected chi connectivity index (χ4v) is 2.70. The van der Waals surface area contributed by atoms with Crippen molar-refractivity contribution in [1.82, 2.24) is 4.98 Å². The van der Waals surface area contributed by atoms with Gasteiger partial charge in [0.05, 0.1) is 17.0 Å². The Morgan fingerprint density at radius 3 is 2.55 bits per heavy atom. The van der Waals surface area contributed by atoms with E-state index in [1.807, 2.05) is 0 Å². The van der Waals surface area contributed by atoms with Crippen molar-refractivity contribution in [3.8, 4) is 0 Å². The molecule has 4 N–H and O–H groups in total. The normalized spacial score (nSPS) is 11.2. The van der Waals surface area contributed by atoms with Crippen molar-refractivity contribution in [2.45, 2.75) is 11.3 Å². The average Bonchev–Trinajstić information content (AvgIpc) is 2.75. The summed E-state index contributed by atoms with van der Waals surface area (Å²) in [5.74, 6) is -0.945. The zero-order valence-electron chi connectivity index (χ0n) is 10.1. The fourth-order valence-electron chi connectivity index (χ4n) is 1.45. The summed E-state index contributed by atoms with van der Waals surface area (Å²) < 4.78 is 22.2. The molecule has 0 atom stereocenters. The molecule has 0 saturated heterocycles. The van der Waals surface area contributed by atoms with Gasteiger partial charge < -0.3 is 10.4 Å². The standard InChI is InChI=1S/C11H11N3O4S2/c12-20(17,18)9-3-1-7(2-4-9)13-11-14-8(6-19-11)5-10(15)16/h1-4,6H,5H2,(H,13,14)(H,15,16)(H2,12,17,18). The van der Waals surface area contributed by atoms with E-state index in [1.165, 1.54) is 23.5 Å². The molecule has 1 aromatic heterocycles. The van der Waals surface area contributed by atoms with Gasteiger partial charge in [-0.15, -0.1) is 11.3 Å². The summed E-state index contributed by atoms with van der Waals surface area (Å²) in [5, 5.41) is 18.8. The molecule has 0 radical (unpaired) electrons. The molecule has 7 nitrogen and oxygen atoms in total. The van der Waals surface area contributed by atoms with Gasteiger partial charge in [-0.2, -0.15) is 0 Å². The second-order valence-electron chi connectivity index (χ2n) is 3.91. The highest BCUT2D eigenvalue weighted by Gasteiger charge is 2.08. The summed E-state index contributed by atoms with van der Waals surface area (Å²) in [6.07, 6.45) is -0.136. The Kier molecular flexibility index (Phi) is 4.02. The van der Waals surface area contributed by atoms with Crippen LogP contribution in [0.2, 0.25) is 0 Å². The minimum absolute atomic E-state index is 0.0220. The van der Waals surface area contributed by atoms with Gasteiger partial charge in [0.15, 0.2) is 5.13 Å². The number of carboxylic acids is 1. The second-order valence-corrected chi connectivity index (χ2v) is 6.33. The van der Waals surface area contributed by atoms with E-state index in [9.17, 15) is 13.2 Å². The highest BCUT2D eigenvalue weighted by atomic mass is 32.2.